The minimum atomic E-state index is -0.211. The van der Waals surface area contributed by atoms with Gasteiger partial charge in [0, 0.05) is 5.03 Å². The molecule has 0 fully saturated rings. The van der Waals surface area contributed by atoms with Crippen LogP contribution < -0.4 is 10.4 Å². The van der Waals surface area contributed by atoms with Gasteiger partial charge in [0.15, 0.2) is 5.78 Å². The van der Waals surface area contributed by atoms with E-state index in [1.165, 1.54) is 0 Å². The Kier molecular flexibility index (Phi) is 2.77. The molecule has 18 heavy (non-hydrogen) atoms. The van der Waals surface area contributed by atoms with Crippen molar-refractivity contribution >= 4 is 29.5 Å². The van der Waals surface area contributed by atoms with Gasteiger partial charge < -0.3 is 0 Å². The number of Topliss-reactive ketones (excluding diaryl/α,β-unsaturated/α-hetero) is 1. The van der Waals surface area contributed by atoms with Crippen molar-refractivity contribution in [2.45, 2.75) is 0 Å². The summed E-state index contributed by atoms with van der Waals surface area (Å²) in [7, 11) is 0. The maximum Gasteiger partial charge on any atom is 0.167 e. The topological polar surface area (TPSA) is 17.1 Å². The van der Waals surface area contributed by atoms with E-state index in [-0.39, 0.29) is 11.7 Å². The summed E-state index contributed by atoms with van der Waals surface area (Å²) >= 11 is 5.98. The number of fused-ring (bicyclic) bond motifs is 2. The molecule has 0 spiro atoms. The molecule has 1 nitrogen and oxygen atoms in total. The summed E-state index contributed by atoms with van der Waals surface area (Å²) in [5.74, 6) is -0.115. The van der Waals surface area contributed by atoms with Crippen LogP contribution in [0.5, 0.6) is 0 Å². The zero-order valence-electron chi connectivity index (χ0n) is 9.64. The number of allylic oxidation sites excluding steroid dienone is 6. The van der Waals surface area contributed by atoms with Crippen molar-refractivity contribution in [3.63, 3.8) is 0 Å². The Hall–Kier alpha value is -1.86. The van der Waals surface area contributed by atoms with Crippen LogP contribution in [0.3, 0.4) is 0 Å². The number of rotatable bonds is 0. The van der Waals surface area contributed by atoms with Gasteiger partial charge in [-0.15, -0.1) is 0 Å². The molecule has 0 bridgehead atoms. The van der Waals surface area contributed by atoms with E-state index in [1.807, 2.05) is 48.6 Å². The molecule has 1 aromatic carbocycles. The maximum absolute atomic E-state index is 12.2. The van der Waals surface area contributed by atoms with Crippen LogP contribution in [0.1, 0.15) is 0 Å². The molecule has 0 radical (unpaired) electrons. The summed E-state index contributed by atoms with van der Waals surface area (Å²) in [6.07, 6.45) is 11.2. The molecule has 0 N–H and O–H groups in total. The molecule has 3 rings (SSSR count). The number of benzene rings is 1. The first-order valence-corrected chi connectivity index (χ1v) is 6.20. The van der Waals surface area contributed by atoms with Crippen molar-refractivity contribution in [3.05, 3.63) is 69.6 Å². The number of carbonyl (C=O) groups excluding carboxylic acids is 1. The Balaban J connectivity index is 2.26. The lowest BCUT2D eigenvalue weighted by molar-refractivity contribution is -0.114. The number of hydrogen-bond donors (Lipinski definition) is 0. The minimum Gasteiger partial charge on any atom is -0.294 e. The Morgan fingerprint density at radius 3 is 2.61 bits per heavy atom. The largest absolute Gasteiger partial charge is 0.294 e. The van der Waals surface area contributed by atoms with Gasteiger partial charge in [0.1, 0.15) is 0 Å². The van der Waals surface area contributed by atoms with Gasteiger partial charge in [0.05, 0.1) is 5.92 Å². The summed E-state index contributed by atoms with van der Waals surface area (Å²) in [5.41, 5.74) is 0.943. The number of hydrogen-bond acceptors (Lipinski definition) is 1. The SMILES string of the molecule is O=C1/C=c2/cccc/c2=C/C=C2/C=C(Cl)C=CC12. The average Bonchev–Trinajstić information content (AvgIpc) is 2.36. The van der Waals surface area contributed by atoms with Crippen LogP contribution in [0.15, 0.2) is 59.2 Å². The van der Waals surface area contributed by atoms with Gasteiger partial charge in [-0.3, -0.25) is 4.79 Å². The van der Waals surface area contributed by atoms with Crippen LogP contribution in [0.2, 0.25) is 0 Å². The highest BCUT2D eigenvalue weighted by Crippen LogP contribution is 2.25. The maximum atomic E-state index is 12.2. The number of ketones is 1. The first-order chi connectivity index (χ1) is 8.74. The lowest BCUT2D eigenvalue weighted by atomic mass is 9.88. The van der Waals surface area contributed by atoms with Crippen LogP contribution in [0.25, 0.3) is 12.2 Å². The second-order valence-corrected chi connectivity index (χ2v) is 4.81. The van der Waals surface area contributed by atoms with E-state index in [2.05, 4.69) is 0 Å². The molecule has 2 aliphatic rings. The van der Waals surface area contributed by atoms with Crippen LogP contribution >= 0.6 is 11.6 Å². The normalized spacial score (nSPS) is 28.1. The van der Waals surface area contributed by atoms with Crippen molar-refractivity contribution < 1.29 is 4.79 Å². The summed E-state index contributed by atoms with van der Waals surface area (Å²) in [6, 6.07) is 7.86. The molecule has 88 valence electrons. The van der Waals surface area contributed by atoms with Crippen LogP contribution in [0, 0.1) is 5.92 Å². The fraction of sp³-hybridized carbons (Fsp3) is 0.0625. The molecular formula is C16H11ClO. The molecule has 2 heteroatoms. The predicted molar refractivity (Wildman–Crippen MR) is 74.3 cm³/mol. The van der Waals surface area contributed by atoms with Gasteiger partial charge in [-0.25, -0.2) is 0 Å². The predicted octanol–water partition coefficient (Wildman–Crippen LogP) is 2.07. The molecule has 0 aliphatic heterocycles. The van der Waals surface area contributed by atoms with Gasteiger partial charge in [-0.2, -0.15) is 0 Å². The van der Waals surface area contributed by atoms with E-state index in [0.29, 0.717) is 5.03 Å². The highest BCUT2D eigenvalue weighted by atomic mass is 35.5. The van der Waals surface area contributed by atoms with E-state index in [4.69, 9.17) is 11.6 Å². The highest BCUT2D eigenvalue weighted by Gasteiger charge is 2.20. The summed E-state index contributed by atoms with van der Waals surface area (Å²) in [5, 5.41) is 2.68. The Bertz CT molecular complexity index is 720. The fourth-order valence-electron chi connectivity index (χ4n) is 2.23. The Morgan fingerprint density at radius 1 is 1.00 bits per heavy atom. The standard InChI is InChI=1S/C16H11ClO/c17-14-7-8-15-13(9-14)6-5-11-3-1-2-4-12(11)10-16(15)18/h1-10,15H/b11-5-,12-10-,13-6-. The third-order valence-corrected chi connectivity index (χ3v) is 3.40. The lowest BCUT2D eigenvalue weighted by Crippen LogP contribution is -2.28. The van der Waals surface area contributed by atoms with E-state index < -0.39 is 0 Å². The van der Waals surface area contributed by atoms with Gasteiger partial charge in [0.25, 0.3) is 0 Å². The average molecular weight is 255 g/mol. The fourth-order valence-corrected chi connectivity index (χ4v) is 2.43. The number of carbonyl (C=O) groups is 1. The zero-order chi connectivity index (χ0) is 12.5. The first-order valence-electron chi connectivity index (χ1n) is 5.82. The summed E-state index contributed by atoms with van der Waals surface area (Å²) < 4.78 is 0. The first kappa shape index (κ1) is 11.2. The second kappa shape index (κ2) is 4.43. The molecule has 0 amide bonds. The van der Waals surface area contributed by atoms with Crippen molar-refractivity contribution in [3.8, 4) is 0 Å². The van der Waals surface area contributed by atoms with Crippen molar-refractivity contribution in [2.24, 2.45) is 5.92 Å². The van der Waals surface area contributed by atoms with E-state index in [9.17, 15) is 4.79 Å². The molecule has 0 heterocycles. The Morgan fingerprint density at radius 2 is 1.78 bits per heavy atom. The van der Waals surface area contributed by atoms with Crippen molar-refractivity contribution in [1.29, 1.82) is 0 Å². The van der Waals surface area contributed by atoms with E-state index >= 15 is 0 Å². The molecule has 1 atom stereocenters. The van der Waals surface area contributed by atoms with Crippen molar-refractivity contribution in [1.82, 2.24) is 0 Å². The van der Waals surface area contributed by atoms with Gasteiger partial charge in [-0.1, -0.05) is 54.1 Å². The van der Waals surface area contributed by atoms with E-state index in [1.54, 1.807) is 12.2 Å². The zero-order valence-corrected chi connectivity index (χ0v) is 10.4. The highest BCUT2D eigenvalue weighted by molar-refractivity contribution is 6.31. The lowest BCUT2D eigenvalue weighted by Gasteiger charge is -2.16. The van der Waals surface area contributed by atoms with Crippen molar-refractivity contribution in [2.75, 3.05) is 0 Å². The third kappa shape index (κ3) is 1.98. The van der Waals surface area contributed by atoms with Gasteiger partial charge in [0.2, 0.25) is 0 Å². The molecule has 1 aromatic rings. The second-order valence-electron chi connectivity index (χ2n) is 4.37. The molecule has 0 aromatic heterocycles. The van der Waals surface area contributed by atoms with Crippen LogP contribution in [0.4, 0.5) is 0 Å². The van der Waals surface area contributed by atoms with Gasteiger partial charge in [-0.05, 0) is 34.2 Å². The van der Waals surface area contributed by atoms with Gasteiger partial charge >= 0.3 is 0 Å². The molecule has 0 saturated carbocycles. The monoisotopic (exact) mass is 254 g/mol. The smallest absolute Gasteiger partial charge is 0.167 e. The van der Waals surface area contributed by atoms with E-state index in [0.717, 1.165) is 16.0 Å². The minimum absolute atomic E-state index is 0.0958. The molecule has 1 unspecified atom stereocenters. The Labute approximate surface area is 110 Å². The summed E-state index contributed by atoms with van der Waals surface area (Å²) in [4.78, 5) is 12.2. The van der Waals surface area contributed by atoms with Crippen LogP contribution in [-0.2, 0) is 4.79 Å². The third-order valence-electron chi connectivity index (χ3n) is 3.17. The molecule has 2 aliphatic carbocycles. The summed E-state index contributed by atoms with van der Waals surface area (Å²) in [6.45, 7) is 0. The molecular weight excluding hydrogens is 244 g/mol. The van der Waals surface area contributed by atoms with Crippen LogP contribution in [-0.4, -0.2) is 5.78 Å². The molecule has 0 saturated heterocycles. The quantitative estimate of drug-likeness (QED) is 0.693. The number of halogens is 1.